The summed E-state index contributed by atoms with van der Waals surface area (Å²) in [6.07, 6.45) is 1.69. The lowest BCUT2D eigenvalue weighted by Crippen LogP contribution is -2.23. The average Bonchev–Trinajstić information content (AvgIpc) is 2.62. The highest BCUT2D eigenvalue weighted by molar-refractivity contribution is 14.1. The van der Waals surface area contributed by atoms with E-state index in [1.54, 1.807) is 24.4 Å². The number of nitrogens with zero attached hydrogens (tertiary/aromatic N) is 2. The fraction of sp³-hybridized carbons (Fsp3) is 0.111. The summed E-state index contributed by atoms with van der Waals surface area (Å²) in [6.45, 7) is 0. The molecule has 0 saturated carbocycles. The second-order valence-electron chi connectivity index (χ2n) is 5.76. The summed E-state index contributed by atoms with van der Waals surface area (Å²) >= 11 is 2.02. The third-order valence-corrected chi connectivity index (χ3v) is 6.61. The largest absolute Gasteiger partial charge is 0.321 e. The number of anilines is 1. The molecule has 0 bridgehead atoms. The normalized spacial score (nSPS) is 11.7. The maximum Gasteiger partial charge on any atom is 0.256 e. The van der Waals surface area contributed by atoms with Crippen LogP contribution in [0.3, 0.4) is 0 Å². The molecule has 1 aromatic heterocycles. The average molecular weight is 481 g/mol. The fourth-order valence-corrected chi connectivity index (χ4v) is 3.96. The van der Waals surface area contributed by atoms with Crippen LogP contribution in [0.1, 0.15) is 10.4 Å². The third kappa shape index (κ3) is 3.57. The molecule has 3 rings (SSSR count). The van der Waals surface area contributed by atoms with E-state index in [1.807, 2.05) is 40.8 Å². The number of nitrogens with one attached hydrogen (secondary N) is 1. The van der Waals surface area contributed by atoms with E-state index in [0.29, 0.717) is 14.8 Å². The van der Waals surface area contributed by atoms with Crippen molar-refractivity contribution < 1.29 is 13.2 Å². The fourth-order valence-electron chi connectivity index (χ4n) is 2.45. The lowest BCUT2D eigenvalue weighted by atomic mass is 10.1. The predicted molar refractivity (Wildman–Crippen MR) is 110 cm³/mol. The second kappa shape index (κ2) is 7.29. The first-order valence-electron chi connectivity index (χ1n) is 7.68. The van der Waals surface area contributed by atoms with E-state index in [4.69, 9.17) is 0 Å². The molecule has 1 amide bonds. The van der Waals surface area contributed by atoms with Gasteiger partial charge >= 0.3 is 0 Å². The van der Waals surface area contributed by atoms with Crippen molar-refractivity contribution in [1.29, 1.82) is 0 Å². The summed E-state index contributed by atoms with van der Waals surface area (Å²) in [5, 5.41) is 3.67. The minimum Gasteiger partial charge on any atom is -0.321 e. The zero-order valence-electron chi connectivity index (χ0n) is 14.1. The molecule has 0 fully saturated rings. The van der Waals surface area contributed by atoms with E-state index in [-0.39, 0.29) is 10.8 Å². The van der Waals surface area contributed by atoms with Crippen LogP contribution >= 0.6 is 22.6 Å². The molecule has 0 atom stereocenters. The quantitative estimate of drug-likeness (QED) is 0.580. The Labute approximate surface area is 165 Å². The molecule has 1 heterocycles. The van der Waals surface area contributed by atoms with Crippen LogP contribution in [0.4, 0.5) is 5.69 Å². The van der Waals surface area contributed by atoms with Crippen LogP contribution in [0.2, 0.25) is 0 Å². The second-order valence-corrected chi connectivity index (χ2v) is 9.07. The van der Waals surface area contributed by atoms with Crippen LogP contribution < -0.4 is 5.32 Å². The summed E-state index contributed by atoms with van der Waals surface area (Å²) < 4.78 is 26.5. The van der Waals surface area contributed by atoms with Crippen LogP contribution in [0.15, 0.2) is 59.6 Å². The van der Waals surface area contributed by atoms with E-state index in [1.165, 1.54) is 26.2 Å². The van der Waals surface area contributed by atoms with Gasteiger partial charge in [0.2, 0.25) is 10.0 Å². The van der Waals surface area contributed by atoms with Crippen molar-refractivity contribution in [3.05, 3.63) is 63.9 Å². The molecule has 3 aromatic rings. The number of hydrogen-bond donors (Lipinski definition) is 1. The smallest absolute Gasteiger partial charge is 0.256 e. The molecule has 0 aliphatic carbocycles. The van der Waals surface area contributed by atoms with E-state index in [9.17, 15) is 13.2 Å². The van der Waals surface area contributed by atoms with Gasteiger partial charge in [-0.1, -0.05) is 6.07 Å². The number of rotatable bonds is 4. The molecule has 134 valence electrons. The Kier molecular flexibility index (Phi) is 5.26. The Morgan fingerprint density at radius 1 is 1.12 bits per heavy atom. The van der Waals surface area contributed by atoms with Crippen LogP contribution in [0.25, 0.3) is 10.9 Å². The molecular weight excluding hydrogens is 465 g/mol. The van der Waals surface area contributed by atoms with Crippen molar-refractivity contribution in [1.82, 2.24) is 9.29 Å². The maximum absolute atomic E-state index is 12.8. The van der Waals surface area contributed by atoms with E-state index >= 15 is 0 Å². The maximum atomic E-state index is 12.8. The number of benzene rings is 2. The van der Waals surface area contributed by atoms with Crippen molar-refractivity contribution in [2.75, 3.05) is 19.4 Å². The van der Waals surface area contributed by atoms with Crippen LogP contribution in [0.5, 0.6) is 0 Å². The Morgan fingerprint density at radius 3 is 2.62 bits per heavy atom. The summed E-state index contributed by atoms with van der Waals surface area (Å²) in [4.78, 5) is 17.1. The van der Waals surface area contributed by atoms with Gasteiger partial charge < -0.3 is 5.32 Å². The Bertz CT molecular complexity index is 1090. The topological polar surface area (TPSA) is 79.4 Å². The molecule has 0 unspecified atom stereocenters. The van der Waals surface area contributed by atoms with Gasteiger partial charge in [0.25, 0.3) is 5.91 Å². The molecule has 0 aliphatic rings. The first kappa shape index (κ1) is 18.7. The van der Waals surface area contributed by atoms with Crippen molar-refractivity contribution in [3.63, 3.8) is 0 Å². The lowest BCUT2D eigenvalue weighted by Gasteiger charge is -2.14. The minimum atomic E-state index is -3.62. The van der Waals surface area contributed by atoms with Gasteiger partial charge in [0.05, 0.1) is 21.7 Å². The van der Waals surface area contributed by atoms with Gasteiger partial charge in [-0.2, -0.15) is 0 Å². The molecule has 6 nitrogen and oxygen atoms in total. The highest BCUT2D eigenvalue weighted by Gasteiger charge is 2.21. The van der Waals surface area contributed by atoms with Crippen molar-refractivity contribution in [2.24, 2.45) is 0 Å². The lowest BCUT2D eigenvalue weighted by molar-refractivity contribution is 0.102. The molecule has 0 spiro atoms. The van der Waals surface area contributed by atoms with Gasteiger partial charge in [0, 0.05) is 29.2 Å². The Balaban J connectivity index is 2.00. The van der Waals surface area contributed by atoms with Gasteiger partial charge in [0.15, 0.2) is 0 Å². The number of pyridine rings is 1. The number of sulfonamides is 1. The van der Waals surface area contributed by atoms with Gasteiger partial charge in [-0.15, -0.1) is 0 Å². The number of fused-ring (bicyclic) bond motifs is 1. The number of carbonyl (C=O) groups excluding carboxylic acids is 1. The van der Waals surface area contributed by atoms with Crippen LogP contribution in [-0.2, 0) is 10.0 Å². The minimum absolute atomic E-state index is 0.0765. The third-order valence-electron chi connectivity index (χ3n) is 3.85. The van der Waals surface area contributed by atoms with Crippen LogP contribution in [0, 0.1) is 3.57 Å². The zero-order valence-corrected chi connectivity index (χ0v) is 17.1. The zero-order chi connectivity index (χ0) is 18.9. The summed E-state index contributed by atoms with van der Waals surface area (Å²) in [5.41, 5.74) is 1.69. The molecular formula is C18H16IN3O3S. The SMILES string of the molecule is CN(C)S(=O)(=O)c1ccc(I)c(C(=O)Nc2cccc3ncccc23)c1. The van der Waals surface area contributed by atoms with E-state index < -0.39 is 10.0 Å². The number of halogens is 1. The van der Waals surface area contributed by atoms with Crippen molar-refractivity contribution >= 4 is 55.1 Å². The summed E-state index contributed by atoms with van der Waals surface area (Å²) in [6, 6.07) is 13.6. The van der Waals surface area contributed by atoms with E-state index in [0.717, 1.165) is 15.2 Å². The number of carbonyl (C=O) groups is 1. The first-order valence-corrected chi connectivity index (χ1v) is 10.2. The van der Waals surface area contributed by atoms with Crippen LogP contribution in [-0.4, -0.2) is 37.7 Å². The molecule has 0 saturated heterocycles. The number of hydrogen-bond acceptors (Lipinski definition) is 4. The monoisotopic (exact) mass is 481 g/mol. The molecule has 2 aromatic carbocycles. The van der Waals surface area contributed by atoms with Gasteiger partial charge in [-0.05, 0) is 65.1 Å². The van der Waals surface area contributed by atoms with Crippen molar-refractivity contribution in [3.8, 4) is 0 Å². The Morgan fingerprint density at radius 2 is 1.88 bits per heavy atom. The standard InChI is InChI=1S/C18H16IN3O3S/c1-22(2)26(24,25)12-8-9-15(19)14(11-12)18(23)21-17-7-3-6-16-13(17)5-4-10-20-16/h3-11H,1-2H3,(H,21,23). The van der Waals surface area contributed by atoms with Crippen molar-refractivity contribution in [2.45, 2.75) is 4.90 Å². The summed E-state index contributed by atoms with van der Waals surface area (Å²) in [5.74, 6) is -0.374. The van der Waals surface area contributed by atoms with Gasteiger partial charge in [-0.3, -0.25) is 9.78 Å². The highest BCUT2D eigenvalue weighted by atomic mass is 127. The molecule has 26 heavy (non-hydrogen) atoms. The first-order chi connectivity index (χ1) is 12.3. The summed E-state index contributed by atoms with van der Waals surface area (Å²) in [7, 11) is -0.708. The number of aromatic nitrogens is 1. The Hall–Kier alpha value is -2.04. The highest BCUT2D eigenvalue weighted by Crippen LogP contribution is 2.24. The molecule has 8 heteroatoms. The molecule has 1 N–H and O–H groups in total. The predicted octanol–water partition coefficient (Wildman–Crippen LogP) is 3.34. The van der Waals surface area contributed by atoms with Gasteiger partial charge in [0.1, 0.15) is 0 Å². The van der Waals surface area contributed by atoms with E-state index in [2.05, 4.69) is 10.3 Å². The molecule has 0 radical (unpaired) electrons. The number of amides is 1. The van der Waals surface area contributed by atoms with Gasteiger partial charge in [-0.25, -0.2) is 12.7 Å². The molecule has 0 aliphatic heterocycles.